The topological polar surface area (TPSA) is 77.9 Å². The second-order valence-corrected chi connectivity index (χ2v) is 3.80. The molecular formula is C10H16N2O4. The van der Waals surface area contributed by atoms with E-state index in [1.165, 1.54) is 6.92 Å². The Morgan fingerprint density at radius 1 is 1.31 bits per heavy atom. The Morgan fingerprint density at radius 2 is 1.88 bits per heavy atom. The number of rotatable bonds is 4. The molecule has 1 atom stereocenters. The van der Waals surface area contributed by atoms with Gasteiger partial charge in [-0.25, -0.2) is 0 Å². The second kappa shape index (κ2) is 5.60. The van der Waals surface area contributed by atoms with Crippen LogP contribution in [0.25, 0.3) is 0 Å². The Hall–Kier alpha value is -1.43. The van der Waals surface area contributed by atoms with E-state index in [0.717, 1.165) is 0 Å². The van der Waals surface area contributed by atoms with Crippen LogP contribution in [0, 0.1) is 0 Å². The maximum Gasteiger partial charge on any atom is 0.321 e. The molecule has 0 aromatic rings. The van der Waals surface area contributed by atoms with Crippen LogP contribution in [-0.2, 0) is 14.4 Å². The maximum atomic E-state index is 11.1. The molecule has 0 bridgehead atoms. The highest BCUT2D eigenvalue weighted by atomic mass is 16.4. The van der Waals surface area contributed by atoms with E-state index in [-0.39, 0.29) is 12.3 Å². The summed E-state index contributed by atoms with van der Waals surface area (Å²) in [5.74, 6) is -0.981. The minimum atomic E-state index is -0.983. The lowest BCUT2D eigenvalue weighted by Gasteiger charge is -2.36. The second-order valence-electron chi connectivity index (χ2n) is 3.80. The van der Waals surface area contributed by atoms with Gasteiger partial charge in [-0.05, 0) is 0 Å². The summed E-state index contributed by atoms with van der Waals surface area (Å²) in [5, 5.41) is 8.95. The number of amides is 1. The number of carbonyl (C=O) groups is 3. The Bertz CT molecular complexity index is 285. The minimum absolute atomic E-state index is 0.00177. The predicted octanol–water partition coefficient (Wildman–Crippen LogP) is -0.807. The summed E-state index contributed by atoms with van der Waals surface area (Å²) in [6.07, 6.45) is 0.617. The van der Waals surface area contributed by atoms with Gasteiger partial charge in [0.1, 0.15) is 12.3 Å². The van der Waals surface area contributed by atoms with Crippen molar-refractivity contribution in [1.82, 2.24) is 9.80 Å². The Morgan fingerprint density at radius 3 is 2.25 bits per heavy atom. The summed E-state index contributed by atoms with van der Waals surface area (Å²) < 4.78 is 0. The molecule has 1 fully saturated rings. The first kappa shape index (κ1) is 12.6. The van der Waals surface area contributed by atoms with E-state index in [2.05, 4.69) is 0 Å². The van der Waals surface area contributed by atoms with E-state index >= 15 is 0 Å². The van der Waals surface area contributed by atoms with E-state index < -0.39 is 12.0 Å². The molecule has 1 saturated heterocycles. The van der Waals surface area contributed by atoms with Crippen LogP contribution in [0.5, 0.6) is 0 Å². The molecule has 0 radical (unpaired) electrons. The van der Waals surface area contributed by atoms with Crippen LogP contribution in [0.4, 0.5) is 0 Å². The SMILES string of the molecule is CC(=O)N1CCN(C(CC=O)C(=O)O)CC1. The Kier molecular flexibility index (Phi) is 4.42. The highest BCUT2D eigenvalue weighted by Gasteiger charge is 2.28. The molecule has 0 spiro atoms. The van der Waals surface area contributed by atoms with Crippen molar-refractivity contribution >= 4 is 18.2 Å². The Labute approximate surface area is 93.8 Å². The summed E-state index contributed by atoms with van der Waals surface area (Å²) >= 11 is 0. The standard InChI is InChI=1S/C10H16N2O4/c1-8(14)11-3-5-12(6-4-11)9(2-7-13)10(15)16/h7,9H,2-6H2,1H3,(H,15,16). The molecule has 6 nitrogen and oxygen atoms in total. The van der Waals surface area contributed by atoms with Crippen LogP contribution in [0.15, 0.2) is 0 Å². The molecule has 0 aliphatic carbocycles. The van der Waals surface area contributed by atoms with Crippen molar-refractivity contribution in [1.29, 1.82) is 0 Å². The first-order valence-corrected chi connectivity index (χ1v) is 5.22. The van der Waals surface area contributed by atoms with E-state index in [1.807, 2.05) is 0 Å². The van der Waals surface area contributed by atoms with Gasteiger partial charge in [0.15, 0.2) is 0 Å². The molecule has 0 saturated carbocycles. The van der Waals surface area contributed by atoms with Gasteiger partial charge >= 0.3 is 5.97 Å². The fourth-order valence-corrected chi connectivity index (χ4v) is 1.85. The summed E-state index contributed by atoms with van der Waals surface area (Å²) in [4.78, 5) is 35.8. The predicted molar refractivity (Wildman–Crippen MR) is 55.9 cm³/mol. The summed E-state index contributed by atoms with van der Waals surface area (Å²) in [6.45, 7) is 3.56. The van der Waals surface area contributed by atoms with Gasteiger partial charge in [0.25, 0.3) is 0 Å². The fraction of sp³-hybridized carbons (Fsp3) is 0.700. The molecular weight excluding hydrogens is 212 g/mol. The van der Waals surface area contributed by atoms with Crippen molar-refractivity contribution in [2.24, 2.45) is 0 Å². The van der Waals surface area contributed by atoms with Crippen LogP contribution in [0.1, 0.15) is 13.3 Å². The lowest BCUT2D eigenvalue weighted by molar-refractivity contribution is -0.145. The summed E-state index contributed by atoms with van der Waals surface area (Å²) in [7, 11) is 0. The molecule has 0 aromatic heterocycles. The van der Waals surface area contributed by atoms with Crippen LogP contribution in [0.3, 0.4) is 0 Å². The third-order valence-corrected chi connectivity index (χ3v) is 2.80. The number of aldehydes is 1. The third kappa shape index (κ3) is 3.03. The largest absolute Gasteiger partial charge is 0.480 e. The molecule has 1 aliphatic rings. The zero-order chi connectivity index (χ0) is 12.1. The average molecular weight is 228 g/mol. The molecule has 1 heterocycles. The number of aliphatic carboxylic acids is 1. The maximum absolute atomic E-state index is 11.1. The minimum Gasteiger partial charge on any atom is -0.480 e. The summed E-state index contributed by atoms with van der Waals surface area (Å²) in [5.41, 5.74) is 0. The molecule has 1 aliphatic heterocycles. The zero-order valence-corrected chi connectivity index (χ0v) is 9.26. The van der Waals surface area contributed by atoms with E-state index in [4.69, 9.17) is 5.11 Å². The van der Waals surface area contributed by atoms with Gasteiger partial charge in [0, 0.05) is 39.5 Å². The molecule has 0 aromatic carbocycles. The van der Waals surface area contributed by atoms with Crippen LogP contribution in [0.2, 0.25) is 0 Å². The third-order valence-electron chi connectivity index (χ3n) is 2.80. The number of carboxylic acids is 1. The number of carboxylic acid groups (broad SMARTS) is 1. The smallest absolute Gasteiger partial charge is 0.321 e. The molecule has 1 unspecified atom stereocenters. The Balaban J connectivity index is 2.53. The fourth-order valence-electron chi connectivity index (χ4n) is 1.85. The molecule has 1 amide bonds. The summed E-state index contributed by atoms with van der Waals surface area (Å²) in [6, 6.07) is -0.758. The van der Waals surface area contributed by atoms with Gasteiger partial charge < -0.3 is 14.8 Å². The normalized spacial score (nSPS) is 19.2. The van der Waals surface area contributed by atoms with Gasteiger partial charge in [-0.15, -0.1) is 0 Å². The average Bonchev–Trinajstić information content (AvgIpc) is 2.25. The lowest BCUT2D eigenvalue weighted by Crippen LogP contribution is -2.53. The van der Waals surface area contributed by atoms with Crippen molar-refractivity contribution < 1.29 is 19.5 Å². The van der Waals surface area contributed by atoms with E-state index in [0.29, 0.717) is 32.5 Å². The first-order valence-electron chi connectivity index (χ1n) is 5.22. The monoisotopic (exact) mass is 228 g/mol. The number of hydrogen-bond donors (Lipinski definition) is 1. The van der Waals surface area contributed by atoms with E-state index in [9.17, 15) is 14.4 Å². The van der Waals surface area contributed by atoms with Gasteiger partial charge in [-0.1, -0.05) is 0 Å². The van der Waals surface area contributed by atoms with Crippen LogP contribution >= 0.6 is 0 Å². The number of nitrogens with zero attached hydrogens (tertiary/aromatic N) is 2. The number of piperazine rings is 1. The lowest BCUT2D eigenvalue weighted by atomic mass is 10.1. The van der Waals surface area contributed by atoms with Crippen LogP contribution in [-0.4, -0.2) is 65.3 Å². The quantitative estimate of drug-likeness (QED) is 0.637. The zero-order valence-electron chi connectivity index (χ0n) is 9.26. The van der Waals surface area contributed by atoms with E-state index in [1.54, 1.807) is 9.80 Å². The highest BCUT2D eigenvalue weighted by molar-refractivity contribution is 5.77. The number of carbonyl (C=O) groups excluding carboxylic acids is 2. The molecule has 90 valence electrons. The van der Waals surface area contributed by atoms with Crippen molar-refractivity contribution in [3.63, 3.8) is 0 Å². The molecule has 16 heavy (non-hydrogen) atoms. The molecule has 6 heteroatoms. The van der Waals surface area contributed by atoms with Gasteiger partial charge in [-0.2, -0.15) is 0 Å². The van der Waals surface area contributed by atoms with Gasteiger partial charge in [-0.3, -0.25) is 14.5 Å². The van der Waals surface area contributed by atoms with Gasteiger partial charge in [0.2, 0.25) is 5.91 Å². The highest BCUT2D eigenvalue weighted by Crippen LogP contribution is 2.09. The van der Waals surface area contributed by atoms with Crippen molar-refractivity contribution in [2.75, 3.05) is 26.2 Å². The van der Waals surface area contributed by atoms with Crippen molar-refractivity contribution in [3.05, 3.63) is 0 Å². The first-order chi connectivity index (χ1) is 7.56. The number of hydrogen-bond acceptors (Lipinski definition) is 4. The molecule has 1 N–H and O–H groups in total. The van der Waals surface area contributed by atoms with Crippen LogP contribution < -0.4 is 0 Å². The van der Waals surface area contributed by atoms with Crippen molar-refractivity contribution in [2.45, 2.75) is 19.4 Å². The van der Waals surface area contributed by atoms with Crippen molar-refractivity contribution in [3.8, 4) is 0 Å². The van der Waals surface area contributed by atoms with Gasteiger partial charge in [0.05, 0.1) is 0 Å². The molecule has 1 rings (SSSR count).